The molecule has 4 heteroatoms. The molecule has 28 heavy (non-hydrogen) atoms. The Kier molecular flexibility index (Phi) is 7.21. The number of thioether (sulfide) groups is 1. The number of carbonyl (C=O) groups is 1. The monoisotopic (exact) mass is 395 g/mol. The topological polar surface area (TPSA) is 29.5 Å². The first-order chi connectivity index (χ1) is 13.7. The molecule has 2 aromatic carbocycles. The number of benzene rings is 2. The summed E-state index contributed by atoms with van der Waals surface area (Å²) >= 11 is 1.93. The highest BCUT2D eigenvalue weighted by Crippen LogP contribution is 2.47. The zero-order valence-electron chi connectivity index (χ0n) is 16.8. The molecule has 1 aliphatic rings. The van der Waals surface area contributed by atoms with E-state index in [4.69, 9.17) is 4.74 Å². The van der Waals surface area contributed by atoms with Gasteiger partial charge in [-0.2, -0.15) is 0 Å². The van der Waals surface area contributed by atoms with Crippen molar-refractivity contribution in [2.45, 2.75) is 44.4 Å². The highest BCUT2D eigenvalue weighted by Gasteiger charge is 2.34. The van der Waals surface area contributed by atoms with Crippen LogP contribution in [0.1, 0.15) is 39.5 Å². The highest BCUT2D eigenvalue weighted by molar-refractivity contribution is 7.99. The van der Waals surface area contributed by atoms with Crippen LogP contribution in [0.5, 0.6) is 5.75 Å². The van der Waals surface area contributed by atoms with Gasteiger partial charge >= 0.3 is 0 Å². The minimum Gasteiger partial charge on any atom is -0.465 e. The van der Waals surface area contributed by atoms with Crippen molar-refractivity contribution < 1.29 is 9.53 Å². The number of allylic oxidation sites excluding steroid dienone is 1. The molecule has 0 saturated heterocycles. The van der Waals surface area contributed by atoms with E-state index >= 15 is 0 Å². The largest absolute Gasteiger partial charge is 0.465 e. The lowest BCUT2D eigenvalue weighted by atomic mass is 9.81. The predicted octanol–water partition coefficient (Wildman–Crippen LogP) is 6.61. The fourth-order valence-corrected chi connectivity index (χ4v) is 5.11. The number of anilines is 2. The van der Waals surface area contributed by atoms with Crippen molar-refractivity contribution >= 4 is 29.4 Å². The summed E-state index contributed by atoms with van der Waals surface area (Å²) in [5.74, 6) is 1.86. The van der Waals surface area contributed by atoms with Gasteiger partial charge in [-0.05, 0) is 48.6 Å². The number of nitrogens with zero attached hydrogens (tertiary/aromatic N) is 1. The third-order valence-corrected chi connectivity index (χ3v) is 6.88. The van der Waals surface area contributed by atoms with E-state index in [0.717, 1.165) is 24.3 Å². The van der Waals surface area contributed by atoms with Gasteiger partial charge in [0.1, 0.15) is 12.0 Å². The van der Waals surface area contributed by atoms with E-state index in [1.54, 1.807) is 0 Å². The summed E-state index contributed by atoms with van der Waals surface area (Å²) in [6, 6.07) is 16.9. The number of hydrogen-bond donors (Lipinski definition) is 0. The molecular formula is C24H29NO2S. The molecule has 0 amide bonds. The van der Waals surface area contributed by atoms with Crippen LogP contribution in [0.2, 0.25) is 0 Å². The Morgan fingerprint density at radius 1 is 1.18 bits per heavy atom. The van der Waals surface area contributed by atoms with Crippen LogP contribution in [0, 0.1) is 5.41 Å². The number of fused-ring (bicyclic) bond motifs is 1. The fraction of sp³-hybridized carbons (Fsp3) is 0.375. The van der Waals surface area contributed by atoms with E-state index in [-0.39, 0.29) is 5.41 Å². The standard InChI is InChI=1S/C24H29NO2S/c1-3-5-14-24(4-2)18-25(20-10-7-6-8-11-20)22-13-12-21(27-16-9-15-26)17-23(22)28-19-24/h6-13,15-17H,3-5,14,18-19H2,1-2H3/b16-9+. The maximum absolute atomic E-state index is 10.5. The van der Waals surface area contributed by atoms with Crippen molar-refractivity contribution in [3.05, 3.63) is 60.9 Å². The molecule has 3 nitrogen and oxygen atoms in total. The molecule has 2 aromatic rings. The predicted molar refractivity (Wildman–Crippen MR) is 119 cm³/mol. The lowest BCUT2D eigenvalue weighted by molar-refractivity contribution is -0.104. The molecule has 0 radical (unpaired) electrons. The van der Waals surface area contributed by atoms with Crippen molar-refractivity contribution in [3.8, 4) is 5.75 Å². The van der Waals surface area contributed by atoms with E-state index in [9.17, 15) is 4.79 Å². The summed E-state index contributed by atoms with van der Waals surface area (Å²) < 4.78 is 5.59. The number of rotatable bonds is 8. The molecule has 0 fully saturated rings. The molecule has 1 unspecified atom stereocenters. The number of carbonyl (C=O) groups excluding carboxylic acids is 1. The van der Waals surface area contributed by atoms with Crippen LogP contribution < -0.4 is 9.64 Å². The molecule has 0 N–H and O–H groups in total. The minimum absolute atomic E-state index is 0.286. The minimum atomic E-state index is 0.286. The van der Waals surface area contributed by atoms with E-state index in [1.165, 1.54) is 54.3 Å². The summed E-state index contributed by atoms with van der Waals surface area (Å²) in [4.78, 5) is 14.2. The number of unbranched alkanes of at least 4 members (excludes halogenated alkanes) is 1. The molecule has 1 atom stereocenters. The highest BCUT2D eigenvalue weighted by atomic mass is 32.2. The van der Waals surface area contributed by atoms with E-state index in [0.29, 0.717) is 0 Å². The van der Waals surface area contributed by atoms with Crippen molar-refractivity contribution in [3.63, 3.8) is 0 Å². The van der Waals surface area contributed by atoms with Crippen LogP contribution in [0.15, 0.2) is 65.8 Å². The molecular weight excluding hydrogens is 366 g/mol. The summed E-state index contributed by atoms with van der Waals surface area (Å²) in [5.41, 5.74) is 2.75. The van der Waals surface area contributed by atoms with Gasteiger partial charge in [0.2, 0.25) is 0 Å². The summed E-state index contributed by atoms with van der Waals surface area (Å²) in [6.07, 6.45) is 8.42. The second kappa shape index (κ2) is 9.83. The Balaban J connectivity index is 1.99. The maximum atomic E-state index is 10.5. The van der Waals surface area contributed by atoms with Gasteiger partial charge in [-0.3, -0.25) is 4.79 Å². The van der Waals surface area contributed by atoms with Crippen LogP contribution in [0.3, 0.4) is 0 Å². The summed E-state index contributed by atoms with van der Waals surface area (Å²) in [6.45, 7) is 5.63. The average Bonchev–Trinajstić information content (AvgIpc) is 2.91. The lowest BCUT2D eigenvalue weighted by Crippen LogP contribution is -2.35. The van der Waals surface area contributed by atoms with E-state index in [2.05, 4.69) is 61.2 Å². The second-order valence-electron chi connectivity index (χ2n) is 7.38. The Bertz CT molecular complexity index is 806. The number of ether oxygens (including phenoxy) is 1. The second-order valence-corrected chi connectivity index (χ2v) is 8.40. The van der Waals surface area contributed by atoms with Crippen LogP contribution in [-0.4, -0.2) is 18.6 Å². The Morgan fingerprint density at radius 2 is 2.00 bits per heavy atom. The van der Waals surface area contributed by atoms with E-state index in [1.807, 2.05) is 17.8 Å². The van der Waals surface area contributed by atoms with Crippen LogP contribution >= 0.6 is 11.8 Å². The van der Waals surface area contributed by atoms with Crippen molar-refractivity contribution in [1.29, 1.82) is 0 Å². The molecule has 0 saturated carbocycles. The Hall–Kier alpha value is -2.20. The zero-order chi connectivity index (χ0) is 19.8. The Labute approximate surface area is 172 Å². The first-order valence-corrected chi connectivity index (χ1v) is 11.1. The van der Waals surface area contributed by atoms with Crippen molar-refractivity contribution in [1.82, 2.24) is 0 Å². The van der Waals surface area contributed by atoms with Crippen molar-refractivity contribution in [2.75, 3.05) is 17.2 Å². The quantitative estimate of drug-likeness (QED) is 0.286. The summed E-state index contributed by atoms with van der Waals surface area (Å²) in [7, 11) is 0. The molecule has 1 heterocycles. The number of hydrogen-bond acceptors (Lipinski definition) is 4. The van der Waals surface area contributed by atoms with E-state index < -0.39 is 0 Å². The molecule has 1 aliphatic heterocycles. The van der Waals surface area contributed by atoms with Gasteiger partial charge in [-0.15, -0.1) is 11.8 Å². The maximum Gasteiger partial charge on any atom is 0.145 e. The molecule has 0 aromatic heterocycles. The van der Waals surface area contributed by atoms with Gasteiger partial charge in [0, 0.05) is 29.0 Å². The first kappa shape index (κ1) is 20.5. The molecule has 0 spiro atoms. The van der Waals surface area contributed by atoms with Gasteiger partial charge in [-0.1, -0.05) is 44.9 Å². The van der Waals surface area contributed by atoms with Crippen LogP contribution in [-0.2, 0) is 4.79 Å². The van der Waals surface area contributed by atoms with Gasteiger partial charge in [0.25, 0.3) is 0 Å². The summed E-state index contributed by atoms with van der Waals surface area (Å²) in [5, 5.41) is 0. The molecule has 0 aliphatic carbocycles. The van der Waals surface area contributed by atoms with Crippen LogP contribution in [0.25, 0.3) is 0 Å². The normalized spacial score (nSPS) is 19.3. The van der Waals surface area contributed by atoms with Gasteiger partial charge in [-0.25, -0.2) is 0 Å². The molecule has 148 valence electrons. The lowest BCUT2D eigenvalue weighted by Gasteiger charge is -2.36. The van der Waals surface area contributed by atoms with Gasteiger partial charge in [0.05, 0.1) is 11.9 Å². The average molecular weight is 396 g/mol. The smallest absolute Gasteiger partial charge is 0.145 e. The SMILES string of the molecule is CCCCC1(CC)CSc2cc(O/C=C/C=O)ccc2N(c2ccccc2)C1. The van der Waals surface area contributed by atoms with Gasteiger partial charge < -0.3 is 9.64 Å². The van der Waals surface area contributed by atoms with Crippen LogP contribution in [0.4, 0.5) is 11.4 Å². The third-order valence-electron chi connectivity index (χ3n) is 5.49. The fourth-order valence-electron chi connectivity index (χ4n) is 3.69. The van der Waals surface area contributed by atoms with Gasteiger partial charge in [0.15, 0.2) is 0 Å². The number of para-hydroxylation sites is 1. The molecule has 0 bridgehead atoms. The zero-order valence-corrected chi connectivity index (χ0v) is 17.6. The Morgan fingerprint density at radius 3 is 2.71 bits per heavy atom. The molecule has 3 rings (SSSR count). The van der Waals surface area contributed by atoms with Crippen molar-refractivity contribution in [2.24, 2.45) is 5.41 Å². The number of aldehydes is 1. The first-order valence-electron chi connectivity index (χ1n) is 10.1. The third kappa shape index (κ3) is 4.79.